The number of nitrogens with zero attached hydrogens (tertiary/aromatic N) is 3. The van der Waals surface area contributed by atoms with Gasteiger partial charge in [0.2, 0.25) is 9.84 Å². The van der Waals surface area contributed by atoms with Gasteiger partial charge in [0, 0.05) is 36.0 Å². The lowest BCUT2D eigenvalue weighted by Gasteiger charge is -2.06. The Bertz CT molecular complexity index is 1300. The number of rotatable bonds is 6. The van der Waals surface area contributed by atoms with Gasteiger partial charge in [-0.25, -0.2) is 18.4 Å². The van der Waals surface area contributed by atoms with Crippen LogP contribution in [0, 0.1) is 6.92 Å². The minimum absolute atomic E-state index is 0.00710. The normalized spacial score (nSPS) is 11.6. The number of ketones is 1. The molecule has 1 aromatic carbocycles. The van der Waals surface area contributed by atoms with Gasteiger partial charge in [-0.2, -0.15) is 0 Å². The van der Waals surface area contributed by atoms with Crippen molar-refractivity contribution in [3.8, 4) is 0 Å². The van der Waals surface area contributed by atoms with E-state index in [1.165, 1.54) is 24.5 Å². The molecule has 0 saturated heterocycles. The first-order valence-electron chi connectivity index (χ1n) is 9.02. The topological polar surface area (TPSA) is 106 Å². The zero-order valence-corrected chi connectivity index (χ0v) is 16.5. The smallest absolute Gasteiger partial charge is 0.225 e. The Labute approximate surface area is 167 Å². The molecule has 0 aliphatic heterocycles. The zero-order valence-electron chi connectivity index (χ0n) is 15.7. The molecule has 0 amide bonds. The number of Topliss-reactive ketones (excluding diaryl/α,β-unsaturated/α-hetero) is 1. The van der Waals surface area contributed by atoms with Crippen LogP contribution in [0.4, 0.5) is 0 Å². The molecule has 4 aromatic rings. The Kier molecular flexibility index (Phi) is 4.94. The quantitative estimate of drug-likeness (QED) is 0.493. The van der Waals surface area contributed by atoms with E-state index in [2.05, 4.69) is 19.9 Å². The third kappa shape index (κ3) is 3.93. The number of aryl methyl sites for hydroxylation is 2. The van der Waals surface area contributed by atoms with Crippen LogP contribution in [-0.4, -0.2) is 34.1 Å². The highest BCUT2D eigenvalue weighted by molar-refractivity contribution is 7.91. The Morgan fingerprint density at radius 3 is 2.62 bits per heavy atom. The lowest BCUT2D eigenvalue weighted by atomic mass is 10.0. The summed E-state index contributed by atoms with van der Waals surface area (Å²) in [5.41, 5.74) is 2.72. The van der Waals surface area contributed by atoms with Gasteiger partial charge < -0.3 is 4.98 Å². The molecular weight excluding hydrogens is 388 g/mol. The number of carbonyl (C=O) groups is 1. The second-order valence-electron chi connectivity index (χ2n) is 6.71. The van der Waals surface area contributed by atoms with E-state index in [4.69, 9.17) is 0 Å². The summed E-state index contributed by atoms with van der Waals surface area (Å²) in [4.78, 5) is 27.8. The van der Waals surface area contributed by atoms with Gasteiger partial charge in [0.1, 0.15) is 5.65 Å². The first kappa shape index (κ1) is 18.9. The fourth-order valence-electron chi connectivity index (χ4n) is 3.02. The maximum absolute atomic E-state index is 12.7. The van der Waals surface area contributed by atoms with Gasteiger partial charge in [0.05, 0.1) is 16.8 Å². The largest absolute Gasteiger partial charge is 0.346 e. The summed E-state index contributed by atoms with van der Waals surface area (Å²) in [6.45, 7) is 1.69. The molecule has 0 unspecified atom stereocenters. The van der Waals surface area contributed by atoms with Gasteiger partial charge in [-0.1, -0.05) is 12.1 Å². The number of aromatic amines is 1. The van der Waals surface area contributed by atoms with Crippen molar-refractivity contribution in [1.29, 1.82) is 0 Å². The molecule has 0 atom stereocenters. The first-order valence-corrected chi connectivity index (χ1v) is 10.5. The summed E-state index contributed by atoms with van der Waals surface area (Å²) in [6, 6.07) is 10.2. The lowest BCUT2D eigenvalue weighted by molar-refractivity contribution is 0.0982. The van der Waals surface area contributed by atoms with E-state index in [0.29, 0.717) is 24.1 Å². The molecule has 0 aliphatic rings. The highest BCUT2D eigenvalue weighted by Crippen LogP contribution is 2.20. The number of fused-ring (bicyclic) bond motifs is 1. The van der Waals surface area contributed by atoms with Crippen LogP contribution in [0.5, 0.6) is 0 Å². The second-order valence-corrected chi connectivity index (χ2v) is 8.61. The molecule has 0 saturated carbocycles. The SMILES string of the molecule is Cc1cncc(S(=O)(=O)c2ccc(CCC(=O)c3cnc4[nH]ccc4c3)cc2)n1. The molecule has 0 spiro atoms. The van der Waals surface area contributed by atoms with E-state index in [-0.39, 0.29) is 15.7 Å². The summed E-state index contributed by atoms with van der Waals surface area (Å²) in [5.74, 6) is -0.00710. The maximum atomic E-state index is 12.7. The van der Waals surface area contributed by atoms with Crippen molar-refractivity contribution in [3.05, 3.63) is 78.0 Å². The number of aromatic nitrogens is 4. The monoisotopic (exact) mass is 406 g/mol. The number of carbonyl (C=O) groups excluding carboxylic acids is 1. The van der Waals surface area contributed by atoms with Crippen LogP contribution in [0.25, 0.3) is 11.0 Å². The standard InChI is InChI=1S/C21H18N4O3S/c1-14-11-22-13-20(25-14)29(27,28)18-5-2-15(3-6-18)4-7-19(26)17-10-16-8-9-23-21(16)24-12-17/h2-3,5-6,8-13H,4,7H2,1H3,(H,23,24). The third-order valence-corrected chi connectivity index (χ3v) is 6.24. The average molecular weight is 406 g/mol. The van der Waals surface area contributed by atoms with Crippen LogP contribution >= 0.6 is 0 Å². The Hall–Kier alpha value is -3.39. The zero-order chi connectivity index (χ0) is 20.4. The van der Waals surface area contributed by atoms with Crippen molar-refractivity contribution in [2.45, 2.75) is 29.7 Å². The number of H-pyrrole nitrogens is 1. The van der Waals surface area contributed by atoms with E-state index in [9.17, 15) is 13.2 Å². The predicted molar refractivity (Wildman–Crippen MR) is 107 cm³/mol. The lowest BCUT2D eigenvalue weighted by Crippen LogP contribution is -2.06. The van der Waals surface area contributed by atoms with E-state index in [0.717, 1.165) is 16.6 Å². The van der Waals surface area contributed by atoms with E-state index < -0.39 is 9.84 Å². The van der Waals surface area contributed by atoms with Gasteiger partial charge >= 0.3 is 0 Å². The molecule has 0 fully saturated rings. The average Bonchev–Trinajstić information content (AvgIpc) is 3.20. The van der Waals surface area contributed by atoms with Crippen LogP contribution in [0.2, 0.25) is 0 Å². The van der Waals surface area contributed by atoms with Gasteiger partial charge in [-0.15, -0.1) is 0 Å². The highest BCUT2D eigenvalue weighted by atomic mass is 32.2. The van der Waals surface area contributed by atoms with Gasteiger partial charge in [0.25, 0.3) is 0 Å². The minimum Gasteiger partial charge on any atom is -0.346 e. The molecule has 0 aliphatic carbocycles. The van der Waals surface area contributed by atoms with Crippen LogP contribution < -0.4 is 0 Å². The number of pyridine rings is 1. The molecule has 29 heavy (non-hydrogen) atoms. The molecule has 0 bridgehead atoms. The Morgan fingerprint density at radius 1 is 1.07 bits per heavy atom. The number of hydrogen-bond donors (Lipinski definition) is 1. The third-order valence-electron chi connectivity index (χ3n) is 4.60. The van der Waals surface area contributed by atoms with Crippen molar-refractivity contribution in [1.82, 2.24) is 19.9 Å². The fourth-order valence-corrected chi connectivity index (χ4v) is 4.22. The summed E-state index contributed by atoms with van der Waals surface area (Å²) < 4.78 is 25.3. The minimum atomic E-state index is -3.72. The van der Waals surface area contributed by atoms with Crippen molar-refractivity contribution in [2.75, 3.05) is 0 Å². The molecule has 0 radical (unpaired) electrons. The van der Waals surface area contributed by atoms with Gasteiger partial charge in [0.15, 0.2) is 10.8 Å². The highest BCUT2D eigenvalue weighted by Gasteiger charge is 2.19. The van der Waals surface area contributed by atoms with E-state index in [1.807, 2.05) is 12.1 Å². The Morgan fingerprint density at radius 2 is 1.86 bits per heavy atom. The van der Waals surface area contributed by atoms with Crippen LogP contribution in [0.3, 0.4) is 0 Å². The number of sulfone groups is 1. The fraction of sp³-hybridized carbons (Fsp3) is 0.143. The van der Waals surface area contributed by atoms with Crippen molar-refractivity contribution in [2.24, 2.45) is 0 Å². The van der Waals surface area contributed by atoms with E-state index in [1.54, 1.807) is 31.5 Å². The van der Waals surface area contributed by atoms with Crippen LogP contribution in [0.1, 0.15) is 28.0 Å². The van der Waals surface area contributed by atoms with Crippen molar-refractivity contribution >= 4 is 26.7 Å². The van der Waals surface area contributed by atoms with Crippen LogP contribution in [0.15, 0.2) is 71.1 Å². The number of hydrogen-bond acceptors (Lipinski definition) is 6. The summed E-state index contributed by atoms with van der Waals surface area (Å²) in [5, 5.41) is 0.817. The molecular formula is C21H18N4O3S. The Balaban J connectivity index is 1.46. The molecule has 1 N–H and O–H groups in total. The summed E-state index contributed by atoms with van der Waals surface area (Å²) in [6.07, 6.45) is 6.91. The van der Waals surface area contributed by atoms with Gasteiger partial charge in [-0.05, 0) is 43.2 Å². The summed E-state index contributed by atoms with van der Waals surface area (Å²) >= 11 is 0. The van der Waals surface area contributed by atoms with E-state index >= 15 is 0 Å². The van der Waals surface area contributed by atoms with Crippen molar-refractivity contribution in [3.63, 3.8) is 0 Å². The molecule has 8 heteroatoms. The predicted octanol–water partition coefficient (Wildman–Crippen LogP) is 3.31. The molecule has 7 nitrogen and oxygen atoms in total. The van der Waals surface area contributed by atoms with Crippen molar-refractivity contribution < 1.29 is 13.2 Å². The van der Waals surface area contributed by atoms with Crippen LogP contribution in [-0.2, 0) is 16.3 Å². The second kappa shape index (κ2) is 7.56. The number of nitrogens with one attached hydrogen (secondary N) is 1. The maximum Gasteiger partial charge on any atom is 0.225 e. The van der Waals surface area contributed by atoms with Gasteiger partial charge in [-0.3, -0.25) is 9.78 Å². The molecule has 3 heterocycles. The summed E-state index contributed by atoms with van der Waals surface area (Å²) in [7, 11) is -3.72. The first-order chi connectivity index (χ1) is 13.9. The molecule has 3 aromatic heterocycles. The molecule has 146 valence electrons. The number of benzene rings is 1. The molecule has 4 rings (SSSR count).